The zero-order chi connectivity index (χ0) is 12.5. The van der Waals surface area contributed by atoms with Crippen molar-refractivity contribution in [1.29, 1.82) is 0 Å². The fourth-order valence-electron chi connectivity index (χ4n) is 1.57. The van der Waals surface area contributed by atoms with E-state index in [1.165, 1.54) is 10.7 Å². The van der Waals surface area contributed by atoms with E-state index in [9.17, 15) is 4.79 Å². The first-order valence-electron chi connectivity index (χ1n) is 5.34. The zero-order valence-corrected chi connectivity index (χ0v) is 9.77. The second-order valence-corrected chi connectivity index (χ2v) is 4.51. The Kier molecular flexibility index (Phi) is 2.84. The first kappa shape index (κ1) is 11.6. The third-order valence-corrected chi connectivity index (χ3v) is 2.51. The molecule has 2 rings (SSSR count). The molecule has 0 bridgehead atoms. The molecule has 0 aliphatic heterocycles. The maximum absolute atomic E-state index is 11.2. The standard InChI is InChI=1S/C10H15N5O2/c1-10(2,3-4-16)12-7-5-8-13-14-9(17)15(8)6-11-7/h5-6,12,16H,3-4H2,1-2H3,(H,14,17). The molecule has 0 aliphatic carbocycles. The first-order valence-corrected chi connectivity index (χ1v) is 5.34. The van der Waals surface area contributed by atoms with Gasteiger partial charge < -0.3 is 10.4 Å². The van der Waals surface area contributed by atoms with Gasteiger partial charge >= 0.3 is 5.69 Å². The molecule has 2 aromatic heterocycles. The van der Waals surface area contributed by atoms with Crippen LogP contribution in [0.1, 0.15) is 20.3 Å². The smallest absolute Gasteiger partial charge is 0.348 e. The van der Waals surface area contributed by atoms with Crippen LogP contribution in [0.2, 0.25) is 0 Å². The highest BCUT2D eigenvalue weighted by molar-refractivity contribution is 5.49. The van der Waals surface area contributed by atoms with E-state index in [2.05, 4.69) is 20.5 Å². The van der Waals surface area contributed by atoms with Gasteiger partial charge in [-0.1, -0.05) is 0 Å². The summed E-state index contributed by atoms with van der Waals surface area (Å²) in [5, 5.41) is 18.3. The summed E-state index contributed by atoms with van der Waals surface area (Å²) in [7, 11) is 0. The second-order valence-electron chi connectivity index (χ2n) is 4.51. The molecular formula is C10H15N5O2. The van der Waals surface area contributed by atoms with Crippen molar-refractivity contribution in [2.75, 3.05) is 11.9 Å². The molecule has 17 heavy (non-hydrogen) atoms. The minimum Gasteiger partial charge on any atom is -0.396 e. The van der Waals surface area contributed by atoms with Gasteiger partial charge in [-0.05, 0) is 20.3 Å². The van der Waals surface area contributed by atoms with Crippen LogP contribution < -0.4 is 11.0 Å². The fraction of sp³-hybridized carbons (Fsp3) is 0.500. The quantitative estimate of drug-likeness (QED) is 0.695. The number of fused-ring (bicyclic) bond motifs is 1. The molecule has 7 heteroatoms. The Labute approximate surface area is 97.5 Å². The average molecular weight is 237 g/mol. The number of hydrogen-bond acceptors (Lipinski definition) is 5. The molecule has 0 spiro atoms. The largest absolute Gasteiger partial charge is 0.396 e. The number of nitrogens with one attached hydrogen (secondary N) is 2. The SMILES string of the molecule is CC(C)(CCO)Nc1cc2n[nH]c(=O)n2cn1. The number of rotatable bonds is 4. The number of aliphatic hydroxyl groups excluding tert-OH is 1. The summed E-state index contributed by atoms with van der Waals surface area (Å²) in [4.78, 5) is 15.3. The number of H-pyrrole nitrogens is 1. The van der Waals surface area contributed by atoms with E-state index in [0.29, 0.717) is 17.9 Å². The van der Waals surface area contributed by atoms with Gasteiger partial charge in [-0.15, -0.1) is 0 Å². The van der Waals surface area contributed by atoms with Crippen LogP contribution in [0.3, 0.4) is 0 Å². The van der Waals surface area contributed by atoms with E-state index in [0.717, 1.165) is 0 Å². The summed E-state index contributed by atoms with van der Waals surface area (Å²) in [6.07, 6.45) is 2.02. The Hall–Kier alpha value is -1.89. The summed E-state index contributed by atoms with van der Waals surface area (Å²) in [5.74, 6) is 0.620. The van der Waals surface area contributed by atoms with Crippen LogP contribution >= 0.6 is 0 Å². The number of hydrogen-bond donors (Lipinski definition) is 3. The molecule has 0 saturated heterocycles. The molecule has 0 unspecified atom stereocenters. The van der Waals surface area contributed by atoms with E-state index in [1.54, 1.807) is 6.07 Å². The molecule has 0 radical (unpaired) electrons. The predicted molar refractivity (Wildman–Crippen MR) is 63.0 cm³/mol. The van der Waals surface area contributed by atoms with Crippen molar-refractivity contribution in [3.8, 4) is 0 Å². The Morgan fingerprint density at radius 2 is 2.35 bits per heavy atom. The topological polar surface area (TPSA) is 95.3 Å². The summed E-state index contributed by atoms with van der Waals surface area (Å²) in [5.41, 5.74) is -0.0718. The molecular weight excluding hydrogens is 222 g/mol. The van der Waals surface area contributed by atoms with Crippen LogP contribution in [0.25, 0.3) is 5.65 Å². The lowest BCUT2D eigenvalue weighted by molar-refractivity contribution is 0.260. The fourth-order valence-corrected chi connectivity index (χ4v) is 1.57. The van der Waals surface area contributed by atoms with Crippen LogP contribution in [0, 0.1) is 0 Å². The van der Waals surface area contributed by atoms with Crippen LogP contribution in [0.5, 0.6) is 0 Å². The van der Waals surface area contributed by atoms with E-state index < -0.39 is 0 Å². The van der Waals surface area contributed by atoms with E-state index in [-0.39, 0.29) is 17.8 Å². The Morgan fingerprint density at radius 3 is 3.06 bits per heavy atom. The molecule has 2 heterocycles. The molecule has 0 fully saturated rings. The average Bonchev–Trinajstić information content (AvgIpc) is 2.59. The lowest BCUT2D eigenvalue weighted by atomic mass is 10.0. The molecule has 7 nitrogen and oxygen atoms in total. The molecule has 0 atom stereocenters. The van der Waals surface area contributed by atoms with Crippen LogP contribution in [0.4, 0.5) is 5.82 Å². The van der Waals surface area contributed by atoms with Crippen molar-refractivity contribution < 1.29 is 5.11 Å². The Balaban J connectivity index is 2.28. The van der Waals surface area contributed by atoms with Gasteiger partial charge in [0.15, 0.2) is 5.65 Å². The van der Waals surface area contributed by atoms with Gasteiger partial charge in [0.2, 0.25) is 0 Å². The molecule has 0 saturated carbocycles. The van der Waals surface area contributed by atoms with Crippen molar-refractivity contribution in [3.05, 3.63) is 22.9 Å². The van der Waals surface area contributed by atoms with Gasteiger partial charge in [0, 0.05) is 18.2 Å². The number of anilines is 1. The van der Waals surface area contributed by atoms with Crippen molar-refractivity contribution in [2.45, 2.75) is 25.8 Å². The van der Waals surface area contributed by atoms with E-state index >= 15 is 0 Å². The summed E-state index contributed by atoms with van der Waals surface area (Å²) >= 11 is 0. The minimum absolute atomic E-state index is 0.101. The summed E-state index contributed by atoms with van der Waals surface area (Å²) < 4.78 is 1.32. The molecule has 92 valence electrons. The lowest BCUT2D eigenvalue weighted by Gasteiger charge is -2.25. The van der Waals surface area contributed by atoms with Crippen molar-refractivity contribution in [3.63, 3.8) is 0 Å². The van der Waals surface area contributed by atoms with Gasteiger partial charge in [0.1, 0.15) is 12.1 Å². The predicted octanol–water partition coefficient (Wildman–Crippen LogP) is -0.00950. The maximum atomic E-state index is 11.2. The number of aromatic amines is 1. The van der Waals surface area contributed by atoms with Crippen LogP contribution in [-0.4, -0.2) is 36.8 Å². The highest BCUT2D eigenvalue weighted by atomic mass is 16.3. The summed E-state index contributed by atoms with van der Waals surface area (Å²) in [6, 6.07) is 1.68. The normalized spacial score (nSPS) is 11.9. The van der Waals surface area contributed by atoms with E-state index in [4.69, 9.17) is 5.11 Å². The molecule has 0 aliphatic rings. The Bertz CT molecular complexity index is 571. The first-order chi connectivity index (χ1) is 8.02. The molecule has 0 aromatic carbocycles. The van der Waals surface area contributed by atoms with Gasteiger partial charge in [-0.3, -0.25) is 0 Å². The second kappa shape index (κ2) is 4.17. The van der Waals surface area contributed by atoms with Crippen LogP contribution in [-0.2, 0) is 0 Å². The van der Waals surface area contributed by atoms with Gasteiger partial charge in [-0.25, -0.2) is 19.3 Å². The third kappa shape index (κ3) is 2.44. The molecule has 3 N–H and O–H groups in total. The van der Waals surface area contributed by atoms with Gasteiger partial charge in [-0.2, -0.15) is 5.10 Å². The minimum atomic E-state index is -0.311. The number of aliphatic hydroxyl groups is 1. The monoisotopic (exact) mass is 237 g/mol. The highest BCUT2D eigenvalue weighted by Gasteiger charge is 2.17. The zero-order valence-electron chi connectivity index (χ0n) is 9.77. The van der Waals surface area contributed by atoms with Crippen molar-refractivity contribution in [2.24, 2.45) is 0 Å². The van der Waals surface area contributed by atoms with Crippen LogP contribution in [0.15, 0.2) is 17.2 Å². The van der Waals surface area contributed by atoms with Gasteiger partial charge in [0.05, 0.1) is 0 Å². The number of aromatic nitrogens is 4. The lowest BCUT2D eigenvalue weighted by Crippen LogP contribution is -2.32. The number of nitrogens with zero attached hydrogens (tertiary/aromatic N) is 3. The van der Waals surface area contributed by atoms with Crippen molar-refractivity contribution >= 4 is 11.5 Å². The summed E-state index contributed by atoms with van der Waals surface area (Å²) in [6.45, 7) is 4.03. The van der Waals surface area contributed by atoms with E-state index in [1.807, 2.05) is 13.8 Å². The molecule has 0 amide bonds. The molecule has 2 aromatic rings. The maximum Gasteiger partial charge on any atom is 0.348 e. The Morgan fingerprint density at radius 1 is 1.59 bits per heavy atom. The van der Waals surface area contributed by atoms with Crippen molar-refractivity contribution in [1.82, 2.24) is 19.6 Å². The third-order valence-electron chi connectivity index (χ3n) is 2.51. The highest BCUT2D eigenvalue weighted by Crippen LogP contribution is 2.16. The van der Waals surface area contributed by atoms with Gasteiger partial charge in [0.25, 0.3) is 0 Å².